The maximum atomic E-state index is 6.59. The minimum absolute atomic E-state index is 0.766. The summed E-state index contributed by atoms with van der Waals surface area (Å²) in [5.74, 6) is 0.766. The fraction of sp³-hybridized carbons (Fsp3) is 0.600. The van der Waals surface area contributed by atoms with Crippen LogP contribution in [0.4, 0.5) is 0 Å². The zero-order valence-corrected chi connectivity index (χ0v) is 5.78. The van der Waals surface area contributed by atoms with Gasteiger partial charge in [0.1, 0.15) is 0 Å². The van der Waals surface area contributed by atoms with Crippen LogP contribution in [-0.4, -0.2) is 5.75 Å². The van der Waals surface area contributed by atoms with Crippen LogP contribution in [-0.2, 0) is 0 Å². The van der Waals surface area contributed by atoms with E-state index in [1.165, 1.54) is 0 Å². The van der Waals surface area contributed by atoms with Crippen molar-refractivity contribution < 1.29 is 0 Å². The smallest absolute Gasteiger partial charge is 0.0589 e. The summed E-state index contributed by atoms with van der Waals surface area (Å²) < 4.78 is 0. The predicted molar refractivity (Wildman–Crippen MR) is 37.4 cm³/mol. The van der Waals surface area contributed by atoms with Gasteiger partial charge in [0.25, 0.3) is 0 Å². The van der Waals surface area contributed by atoms with E-state index in [1.807, 2.05) is 13.0 Å². The third kappa shape index (κ3) is 2.80. The zero-order valence-electron chi connectivity index (χ0n) is 4.89. The molecule has 0 atom stereocenters. The van der Waals surface area contributed by atoms with Crippen molar-refractivity contribution in [1.82, 2.24) is 0 Å². The average molecular weight is 130 g/mol. The molecule has 0 fully saturated rings. The highest BCUT2D eigenvalue weighted by Gasteiger charge is 1.86. The van der Waals surface area contributed by atoms with Gasteiger partial charge >= 0.3 is 0 Å². The lowest BCUT2D eigenvalue weighted by atomic mass is 10.3. The Morgan fingerprint density at radius 3 is 2.62 bits per heavy atom. The van der Waals surface area contributed by atoms with Crippen LogP contribution in [0.25, 0.3) is 0 Å². The quantitative estimate of drug-likeness (QED) is 0.434. The van der Waals surface area contributed by atoms with Crippen molar-refractivity contribution in [2.75, 3.05) is 5.75 Å². The number of thiol groups is 1. The molecule has 0 aliphatic rings. The highest BCUT2D eigenvalue weighted by atomic mass is 32.1. The molecule has 0 saturated heterocycles. The fourth-order valence-corrected chi connectivity index (χ4v) is 0.608. The molecule has 0 aliphatic carbocycles. The van der Waals surface area contributed by atoms with Crippen LogP contribution >= 0.6 is 12.6 Å². The van der Waals surface area contributed by atoms with E-state index in [4.69, 9.17) is 5.53 Å². The van der Waals surface area contributed by atoms with Gasteiger partial charge in [-0.05, 0) is 19.1 Å². The number of nitrogens with zero attached hydrogens (tertiary/aromatic N) is 1. The molecule has 0 aromatic carbocycles. The molecule has 0 unspecified atom stereocenters. The second-order valence-electron chi connectivity index (χ2n) is 1.37. The Kier molecular flexibility index (Phi) is 4.65. The summed E-state index contributed by atoms with van der Waals surface area (Å²) in [5.41, 5.74) is 7.39. The van der Waals surface area contributed by atoms with Crippen LogP contribution in [0.3, 0.4) is 0 Å². The molecule has 0 spiro atoms. The molecule has 1 N–H and O–H groups in total. The molecule has 0 aromatic heterocycles. The number of nitrogens with one attached hydrogen (secondary N) is 1. The molecule has 3 heteroatoms. The lowest BCUT2D eigenvalue weighted by Crippen LogP contribution is -1.76. The van der Waals surface area contributed by atoms with Gasteiger partial charge in [0.05, 0.1) is 5.70 Å². The average Bonchev–Trinajstić information content (AvgIpc) is 1.83. The highest BCUT2D eigenvalue weighted by molar-refractivity contribution is 7.80. The van der Waals surface area contributed by atoms with Gasteiger partial charge in [-0.15, -0.1) is 0 Å². The van der Waals surface area contributed by atoms with Gasteiger partial charge in [-0.3, -0.25) is 0 Å². The lowest BCUT2D eigenvalue weighted by Gasteiger charge is -1.90. The summed E-state index contributed by atoms with van der Waals surface area (Å²) in [4.78, 5) is 0. The van der Waals surface area contributed by atoms with Gasteiger partial charge in [-0.1, -0.05) is 6.08 Å². The first-order chi connectivity index (χ1) is 3.85. The molecule has 0 rings (SSSR count). The number of allylic oxidation sites excluding steroid dienone is 2. The monoisotopic (exact) mass is 130 g/mol. The molecule has 46 valence electrons. The van der Waals surface area contributed by atoms with Crippen LogP contribution in [0, 0.1) is 5.53 Å². The molecule has 2 nitrogen and oxygen atoms in total. The van der Waals surface area contributed by atoms with E-state index in [0.29, 0.717) is 0 Å². The maximum Gasteiger partial charge on any atom is 0.0589 e. The van der Waals surface area contributed by atoms with Crippen LogP contribution in [0.1, 0.15) is 13.3 Å². The van der Waals surface area contributed by atoms with Gasteiger partial charge in [0.15, 0.2) is 0 Å². The standard InChI is InChI=1S/C5H10N2S/c1-2-5(7-6)3-4-8/h2,6,8H,3-4H2,1H3. The van der Waals surface area contributed by atoms with Crippen LogP contribution in [0.15, 0.2) is 16.9 Å². The Balaban J connectivity index is 3.54. The summed E-state index contributed by atoms with van der Waals surface area (Å²) in [6.07, 6.45) is 2.62. The Labute approximate surface area is 54.9 Å². The molecule has 0 amide bonds. The third-order valence-electron chi connectivity index (χ3n) is 0.845. The van der Waals surface area contributed by atoms with E-state index in [1.54, 1.807) is 0 Å². The van der Waals surface area contributed by atoms with E-state index in [0.717, 1.165) is 17.9 Å². The van der Waals surface area contributed by atoms with E-state index in [2.05, 4.69) is 17.7 Å². The Hall–Kier alpha value is -0.310. The Morgan fingerprint density at radius 1 is 1.88 bits per heavy atom. The summed E-state index contributed by atoms with van der Waals surface area (Å²) in [6, 6.07) is 0. The number of rotatable bonds is 3. The topological polar surface area (TPSA) is 36.2 Å². The Bertz CT molecular complexity index is 98.6. The molecule has 0 aliphatic heterocycles. The largest absolute Gasteiger partial charge is 0.205 e. The molecule has 0 aromatic rings. The lowest BCUT2D eigenvalue weighted by molar-refractivity contribution is 0.966. The third-order valence-corrected chi connectivity index (χ3v) is 1.07. The van der Waals surface area contributed by atoms with E-state index in [-0.39, 0.29) is 0 Å². The predicted octanol–water partition coefficient (Wildman–Crippen LogP) is 2.24. The first-order valence-corrected chi connectivity index (χ1v) is 3.12. The first-order valence-electron chi connectivity index (χ1n) is 2.48. The first kappa shape index (κ1) is 7.69. The fourth-order valence-electron chi connectivity index (χ4n) is 0.379. The van der Waals surface area contributed by atoms with Crippen molar-refractivity contribution in [3.05, 3.63) is 11.8 Å². The molecule has 0 heterocycles. The van der Waals surface area contributed by atoms with E-state index < -0.39 is 0 Å². The summed E-state index contributed by atoms with van der Waals surface area (Å²) in [6.45, 7) is 1.87. The van der Waals surface area contributed by atoms with Crippen molar-refractivity contribution in [1.29, 1.82) is 5.53 Å². The SMILES string of the molecule is CC=C(CCS)N=N. The van der Waals surface area contributed by atoms with Crippen molar-refractivity contribution >= 4 is 12.6 Å². The summed E-state index contributed by atoms with van der Waals surface area (Å²) in [7, 11) is 0. The molecule has 0 radical (unpaired) electrons. The zero-order chi connectivity index (χ0) is 6.41. The van der Waals surface area contributed by atoms with Gasteiger partial charge in [0.2, 0.25) is 0 Å². The Morgan fingerprint density at radius 2 is 2.50 bits per heavy atom. The molecule has 0 bridgehead atoms. The van der Waals surface area contributed by atoms with Crippen molar-refractivity contribution in [3.63, 3.8) is 0 Å². The second kappa shape index (κ2) is 4.84. The molecular formula is C5H10N2S. The van der Waals surface area contributed by atoms with Crippen LogP contribution in [0.2, 0.25) is 0 Å². The van der Waals surface area contributed by atoms with Gasteiger partial charge in [-0.25, -0.2) is 5.53 Å². The van der Waals surface area contributed by atoms with Gasteiger partial charge in [-0.2, -0.15) is 17.7 Å². The van der Waals surface area contributed by atoms with Crippen molar-refractivity contribution in [2.45, 2.75) is 13.3 Å². The van der Waals surface area contributed by atoms with Crippen molar-refractivity contribution in [2.24, 2.45) is 5.11 Å². The van der Waals surface area contributed by atoms with Gasteiger partial charge < -0.3 is 0 Å². The minimum Gasteiger partial charge on any atom is -0.205 e. The maximum absolute atomic E-state index is 6.59. The number of hydrogen-bond acceptors (Lipinski definition) is 3. The summed E-state index contributed by atoms with van der Waals surface area (Å²) in [5, 5.41) is 3.26. The molecule has 0 saturated carbocycles. The second-order valence-corrected chi connectivity index (χ2v) is 1.81. The minimum atomic E-state index is 0.766. The van der Waals surface area contributed by atoms with E-state index >= 15 is 0 Å². The normalized spacial score (nSPS) is 11.5. The van der Waals surface area contributed by atoms with E-state index in [9.17, 15) is 0 Å². The molecule has 8 heavy (non-hydrogen) atoms. The van der Waals surface area contributed by atoms with Gasteiger partial charge in [0, 0.05) is 0 Å². The van der Waals surface area contributed by atoms with Crippen LogP contribution < -0.4 is 0 Å². The summed E-state index contributed by atoms with van der Waals surface area (Å²) >= 11 is 3.98. The van der Waals surface area contributed by atoms with Crippen molar-refractivity contribution in [3.8, 4) is 0 Å². The molecular weight excluding hydrogens is 120 g/mol. The van der Waals surface area contributed by atoms with Crippen LogP contribution in [0.5, 0.6) is 0 Å². The highest BCUT2D eigenvalue weighted by Crippen LogP contribution is 2.01. The number of hydrogen-bond donors (Lipinski definition) is 2.